The Labute approximate surface area is 186 Å². The largest absolute Gasteiger partial charge is 0.465 e. The molecular weight excluding hydrogens is 406 g/mol. The van der Waals surface area contributed by atoms with Crippen molar-refractivity contribution in [3.05, 3.63) is 77.5 Å². The average Bonchev–Trinajstić information content (AvgIpc) is 2.75. The van der Waals surface area contributed by atoms with E-state index in [0.717, 1.165) is 16.7 Å². The fraction of sp³-hybridized carbons (Fsp3) is 0.250. The summed E-state index contributed by atoms with van der Waals surface area (Å²) in [6.07, 6.45) is 0.513. The number of amides is 2. The second-order valence-corrected chi connectivity index (χ2v) is 8.55. The molecule has 1 aromatic heterocycles. The van der Waals surface area contributed by atoms with Crippen LogP contribution in [-0.4, -0.2) is 27.1 Å². The van der Waals surface area contributed by atoms with Crippen LogP contribution in [0.15, 0.2) is 60.8 Å². The predicted octanol–water partition coefficient (Wildman–Crippen LogP) is 4.01. The van der Waals surface area contributed by atoms with Gasteiger partial charge in [-0.05, 0) is 34.7 Å². The minimum absolute atomic E-state index is 0.193. The number of nitrogens with two attached hydrogens (primary N) is 1. The lowest BCUT2D eigenvalue weighted by Crippen LogP contribution is -2.35. The number of carbonyl (C=O) groups is 2. The van der Waals surface area contributed by atoms with E-state index in [1.54, 1.807) is 24.4 Å². The molecule has 0 aliphatic rings. The smallest absolute Gasteiger partial charge is 0.405 e. The van der Waals surface area contributed by atoms with E-state index < -0.39 is 6.09 Å². The maximum Gasteiger partial charge on any atom is 0.405 e. The molecular formula is C24H27N5O3. The first-order valence-electron chi connectivity index (χ1n) is 10.2. The van der Waals surface area contributed by atoms with Gasteiger partial charge in [0.05, 0.1) is 11.7 Å². The van der Waals surface area contributed by atoms with Crippen LogP contribution in [0.25, 0.3) is 11.3 Å². The SMILES string of the molecule is CC(C)(C)C(NC(=O)O)c1cccc(CNC(=O)c2ccc(-c3ccnc(N)n3)cc2)c1. The average molecular weight is 434 g/mol. The van der Waals surface area contributed by atoms with E-state index in [2.05, 4.69) is 20.6 Å². The van der Waals surface area contributed by atoms with Crippen LogP contribution in [0.3, 0.4) is 0 Å². The lowest BCUT2D eigenvalue weighted by molar-refractivity contribution is 0.0951. The van der Waals surface area contributed by atoms with Gasteiger partial charge in [0, 0.05) is 23.9 Å². The third kappa shape index (κ3) is 5.81. The van der Waals surface area contributed by atoms with Crippen molar-refractivity contribution in [2.45, 2.75) is 33.4 Å². The number of hydrogen-bond acceptors (Lipinski definition) is 5. The highest BCUT2D eigenvalue weighted by molar-refractivity contribution is 5.94. The van der Waals surface area contributed by atoms with Crippen molar-refractivity contribution in [3.63, 3.8) is 0 Å². The van der Waals surface area contributed by atoms with Gasteiger partial charge in [-0.1, -0.05) is 57.2 Å². The summed E-state index contributed by atoms with van der Waals surface area (Å²) in [5, 5.41) is 14.7. The Kier molecular flexibility index (Phi) is 6.73. The molecule has 3 aromatic rings. The third-order valence-corrected chi connectivity index (χ3v) is 4.99. The number of hydrogen-bond donors (Lipinski definition) is 4. The number of nitrogens with zero attached hydrogens (tertiary/aromatic N) is 2. The van der Waals surface area contributed by atoms with Gasteiger partial charge >= 0.3 is 6.09 Å². The third-order valence-electron chi connectivity index (χ3n) is 4.99. The molecule has 3 rings (SSSR count). The molecule has 8 nitrogen and oxygen atoms in total. The Morgan fingerprint density at radius 3 is 2.44 bits per heavy atom. The summed E-state index contributed by atoms with van der Waals surface area (Å²) >= 11 is 0. The monoisotopic (exact) mass is 433 g/mol. The Bertz CT molecular complexity index is 1110. The number of carbonyl (C=O) groups excluding carboxylic acids is 1. The molecule has 0 radical (unpaired) electrons. The predicted molar refractivity (Wildman–Crippen MR) is 123 cm³/mol. The molecule has 1 heterocycles. The Morgan fingerprint density at radius 2 is 1.81 bits per heavy atom. The molecule has 8 heteroatoms. The maximum atomic E-state index is 12.6. The summed E-state index contributed by atoms with van der Waals surface area (Å²) < 4.78 is 0. The highest BCUT2D eigenvalue weighted by Gasteiger charge is 2.28. The van der Waals surface area contributed by atoms with Crippen molar-refractivity contribution < 1.29 is 14.7 Å². The highest BCUT2D eigenvalue weighted by atomic mass is 16.4. The molecule has 5 N–H and O–H groups in total. The summed E-state index contributed by atoms with van der Waals surface area (Å²) in [7, 11) is 0. The van der Waals surface area contributed by atoms with Crippen molar-refractivity contribution in [2.24, 2.45) is 5.41 Å². The summed E-state index contributed by atoms with van der Waals surface area (Å²) in [4.78, 5) is 31.9. The lowest BCUT2D eigenvalue weighted by Gasteiger charge is -2.31. The Morgan fingerprint density at radius 1 is 1.09 bits per heavy atom. The Balaban J connectivity index is 1.68. The molecule has 0 bridgehead atoms. The van der Waals surface area contributed by atoms with Gasteiger partial charge in [-0.2, -0.15) is 0 Å². The maximum absolute atomic E-state index is 12.6. The van der Waals surface area contributed by atoms with Crippen LogP contribution < -0.4 is 16.4 Å². The van der Waals surface area contributed by atoms with Crippen molar-refractivity contribution >= 4 is 17.9 Å². The van der Waals surface area contributed by atoms with Crippen LogP contribution in [-0.2, 0) is 6.54 Å². The first-order valence-corrected chi connectivity index (χ1v) is 10.2. The number of carboxylic acid groups (broad SMARTS) is 1. The van der Waals surface area contributed by atoms with Gasteiger partial charge in [-0.25, -0.2) is 14.8 Å². The number of rotatable bonds is 6. The van der Waals surface area contributed by atoms with Crippen LogP contribution in [0, 0.1) is 5.41 Å². The molecule has 1 atom stereocenters. The van der Waals surface area contributed by atoms with Crippen LogP contribution in [0.1, 0.15) is 48.3 Å². The van der Waals surface area contributed by atoms with Gasteiger partial charge in [-0.3, -0.25) is 4.79 Å². The van der Waals surface area contributed by atoms with E-state index in [0.29, 0.717) is 17.8 Å². The standard InChI is InChI=1S/C24H27N5O3/c1-24(2,3)20(29-23(31)32)18-6-4-5-15(13-18)14-27-21(30)17-9-7-16(8-10-17)19-11-12-26-22(25)28-19/h4-13,20,29H,14H2,1-3H3,(H,27,30)(H,31,32)(H2,25,26,28). The Hall–Kier alpha value is -3.94. The van der Waals surface area contributed by atoms with Crippen molar-refractivity contribution in [3.8, 4) is 11.3 Å². The fourth-order valence-electron chi connectivity index (χ4n) is 3.42. The molecule has 0 aliphatic heterocycles. The van der Waals surface area contributed by atoms with Gasteiger partial charge in [-0.15, -0.1) is 0 Å². The molecule has 1 unspecified atom stereocenters. The molecule has 0 saturated heterocycles. The van der Waals surface area contributed by atoms with Crippen LogP contribution in [0.4, 0.5) is 10.7 Å². The van der Waals surface area contributed by atoms with E-state index in [1.807, 2.05) is 57.2 Å². The number of benzene rings is 2. The normalized spacial score (nSPS) is 12.1. The van der Waals surface area contributed by atoms with Crippen LogP contribution in [0.5, 0.6) is 0 Å². The zero-order valence-electron chi connectivity index (χ0n) is 18.3. The zero-order chi connectivity index (χ0) is 23.3. The number of anilines is 1. The lowest BCUT2D eigenvalue weighted by atomic mass is 9.82. The van der Waals surface area contributed by atoms with E-state index in [4.69, 9.17) is 5.73 Å². The molecule has 0 aliphatic carbocycles. The van der Waals surface area contributed by atoms with Crippen molar-refractivity contribution in [1.29, 1.82) is 0 Å². The minimum Gasteiger partial charge on any atom is -0.465 e. The second kappa shape index (κ2) is 9.47. The van der Waals surface area contributed by atoms with Gasteiger partial charge in [0.2, 0.25) is 5.95 Å². The summed E-state index contributed by atoms with van der Waals surface area (Å²) in [5.74, 6) is -0.0148. The first-order chi connectivity index (χ1) is 15.1. The van der Waals surface area contributed by atoms with E-state index in [-0.39, 0.29) is 23.3 Å². The number of aromatic nitrogens is 2. The molecule has 2 aromatic carbocycles. The number of nitrogens with one attached hydrogen (secondary N) is 2. The summed E-state index contributed by atoms with van der Waals surface area (Å²) in [6, 6.07) is 16.0. The minimum atomic E-state index is -1.07. The molecule has 166 valence electrons. The quantitative estimate of drug-likeness (QED) is 0.465. The molecule has 0 spiro atoms. The van der Waals surface area contributed by atoms with Crippen molar-refractivity contribution in [1.82, 2.24) is 20.6 Å². The zero-order valence-corrected chi connectivity index (χ0v) is 18.3. The van der Waals surface area contributed by atoms with Gasteiger partial charge in [0.25, 0.3) is 5.91 Å². The second-order valence-electron chi connectivity index (χ2n) is 8.55. The molecule has 32 heavy (non-hydrogen) atoms. The van der Waals surface area contributed by atoms with Crippen LogP contribution in [0.2, 0.25) is 0 Å². The summed E-state index contributed by atoms with van der Waals surface area (Å²) in [5.41, 5.74) is 9.09. The van der Waals surface area contributed by atoms with Crippen LogP contribution >= 0.6 is 0 Å². The topological polar surface area (TPSA) is 130 Å². The summed E-state index contributed by atoms with van der Waals surface area (Å²) in [6.45, 7) is 6.24. The first kappa shape index (κ1) is 22.7. The molecule has 0 saturated carbocycles. The van der Waals surface area contributed by atoms with E-state index >= 15 is 0 Å². The van der Waals surface area contributed by atoms with Gasteiger partial charge in [0.1, 0.15) is 0 Å². The highest BCUT2D eigenvalue weighted by Crippen LogP contribution is 2.33. The van der Waals surface area contributed by atoms with Crippen molar-refractivity contribution in [2.75, 3.05) is 5.73 Å². The van der Waals surface area contributed by atoms with E-state index in [9.17, 15) is 14.7 Å². The van der Waals surface area contributed by atoms with E-state index in [1.165, 1.54) is 0 Å². The fourth-order valence-corrected chi connectivity index (χ4v) is 3.42. The number of nitrogen functional groups attached to an aromatic ring is 1. The molecule has 0 fully saturated rings. The molecule has 2 amide bonds. The van der Waals surface area contributed by atoms with Gasteiger partial charge in [0.15, 0.2) is 0 Å². The van der Waals surface area contributed by atoms with Gasteiger partial charge < -0.3 is 21.5 Å².